The minimum absolute atomic E-state index is 0.0348. The van der Waals surface area contributed by atoms with E-state index in [1.165, 1.54) is 5.56 Å². The van der Waals surface area contributed by atoms with Gasteiger partial charge in [0, 0.05) is 43.1 Å². The van der Waals surface area contributed by atoms with Crippen molar-refractivity contribution in [1.82, 2.24) is 14.9 Å². The predicted molar refractivity (Wildman–Crippen MR) is 107 cm³/mol. The van der Waals surface area contributed by atoms with E-state index in [0.29, 0.717) is 0 Å². The highest BCUT2D eigenvalue weighted by molar-refractivity contribution is 7.98. The number of benzene rings is 1. The molecule has 0 aliphatic carbocycles. The molecule has 3 rings (SSSR count). The number of hydrogen-bond donors (Lipinski definition) is 1. The third-order valence-corrected chi connectivity index (χ3v) is 5.94. The predicted octanol–water partition coefficient (Wildman–Crippen LogP) is 3.80. The normalized spacial score (nSPS) is 21.0. The smallest absolute Gasteiger partial charge is 0.187 e. The number of aliphatic hydroxyl groups is 1. The number of nitrogens with zero attached hydrogens (tertiary/aromatic N) is 3. The first kappa shape index (κ1) is 19.3. The minimum atomic E-state index is 0.0348. The van der Waals surface area contributed by atoms with Crippen LogP contribution in [0, 0.1) is 5.41 Å². The lowest BCUT2D eigenvalue weighted by atomic mass is 9.76. The second-order valence-corrected chi connectivity index (χ2v) is 8.16. The lowest BCUT2D eigenvalue weighted by Crippen LogP contribution is -2.45. The molecule has 0 amide bonds. The van der Waals surface area contributed by atoms with Gasteiger partial charge >= 0.3 is 0 Å². The molecule has 0 spiro atoms. The highest BCUT2D eigenvalue weighted by Crippen LogP contribution is 2.35. The van der Waals surface area contributed by atoms with Crippen molar-refractivity contribution < 1.29 is 5.11 Å². The number of aromatic nitrogens is 2. The van der Waals surface area contributed by atoms with Gasteiger partial charge in [0.25, 0.3) is 0 Å². The number of aliphatic hydroxyl groups excluding tert-OH is 1. The van der Waals surface area contributed by atoms with Crippen LogP contribution in [0.15, 0.2) is 47.9 Å². The molecular formula is C21H29N3OS. The molecule has 1 N–H and O–H groups in total. The largest absolute Gasteiger partial charge is 0.396 e. The Morgan fingerprint density at radius 3 is 2.62 bits per heavy atom. The summed E-state index contributed by atoms with van der Waals surface area (Å²) in [6, 6.07) is 10.6. The standard InChI is InChI=1S/C21H29N3OS/c1-26-20-22-13-19(14-23-20)15-24-12-6-11-21(16-24,17-25)10-5-9-18-7-3-2-4-8-18/h2-4,7-8,13-14,25H,5-6,9-12,15-17H2,1H3/t21-/m1/s1. The molecule has 140 valence electrons. The van der Waals surface area contributed by atoms with Gasteiger partial charge in [-0.2, -0.15) is 0 Å². The van der Waals surface area contributed by atoms with Gasteiger partial charge in [-0.25, -0.2) is 9.97 Å². The zero-order valence-corrected chi connectivity index (χ0v) is 16.4. The maximum atomic E-state index is 10.1. The molecule has 5 heteroatoms. The van der Waals surface area contributed by atoms with Crippen molar-refractivity contribution in [1.29, 1.82) is 0 Å². The number of hydrogen-bond acceptors (Lipinski definition) is 5. The molecule has 1 aliphatic heterocycles. The van der Waals surface area contributed by atoms with Crippen LogP contribution in [0.1, 0.15) is 36.8 Å². The Kier molecular flexibility index (Phi) is 7.06. The second-order valence-electron chi connectivity index (χ2n) is 7.39. The molecule has 0 saturated carbocycles. The molecule has 0 bridgehead atoms. The molecule has 1 aromatic carbocycles. The van der Waals surface area contributed by atoms with Crippen LogP contribution in [0.3, 0.4) is 0 Å². The van der Waals surface area contributed by atoms with Crippen LogP contribution in [0.25, 0.3) is 0 Å². The summed E-state index contributed by atoms with van der Waals surface area (Å²) in [5, 5.41) is 11.0. The Bertz CT molecular complexity index is 665. The number of aryl methyl sites for hydroxylation is 1. The quantitative estimate of drug-likeness (QED) is 0.565. The summed E-state index contributed by atoms with van der Waals surface area (Å²) in [4.78, 5) is 11.2. The average molecular weight is 372 g/mol. The Morgan fingerprint density at radius 2 is 1.92 bits per heavy atom. The topological polar surface area (TPSA) is 49.2 Å². The van der Waals surface area contributed by atoms with E-state index >= 15 is 0 Å². The van der Waals surface area contributed by atoms with Crippen molar-refractivity contribution in [3.8, 4) is 0 Å². The van der Waals surface area contributed by atoms with Crippen molar-refractivity contribution in [2.75, 3.05) is 26.0 Å². The van der Waals surface area contributed by atoms with Crippen LogP contribution < -0.4 is 0 Å². The fourth-order valence-electron chi connectivity index (χ4n) is 3.96. The Labute approximate surface area is 161 Å². The Morgan fingerprint density at radius 1 is 1.15 bits per heavy atom. The molecule has 0 unspecified atom stereocenters. The summed E-state index contributed by atoms with van der Waals surface area (Å²) < 4.78 is 0. The first-order chi connectivity index (χ1) is 12.7. The van der Waals surface area contributed by atoms with Gasteiger partial charge < -0.3 is 5.11 Å². The third-order valence-electron chi connectivity index (χ3n) is 5.36. The molecule has 0 radical (unpaired) electrons. The van der Waals surface area contributed by atoms with Crippen LogP contribution >= 0.6 is 11.8 Å². The minimum Gasteiger partial charge on any atom is -0.396 e. The molecule has 1 aromatic heterocycles. The molecule has 2 aromatic rings. The van der Waals surface area contributed by atoms with Crippen LogP contribution in [0.5, 0.6) is 0 Å². The average Bonchev–Trinajstić information content (AvgIpc) is 2.70. The second kappa shape index (κ2) is 9.49. The summed E-state index contributed by atoms with van der Waals surface area (Å²) in [5.74, 6) is 0. The van der Waals surface area contributed by atoms with E-state index in [1.54, 1.807) is 11.8 Å². The van der Waals surface area contributed by atoms with Crippen molar-refractivity contribution >= 4 is 11.8 Å². The van der Waals surface area contributed by atoms with Gasteiger partial charge in [-0.15, -0.1) is 0 Å². The SMILES string of the molecule is CSc1ncc(CN2CCC[C@](CO)(CCCc3ccccc3)C2)cn1. The summed E-state index contributed by atoms with van der Waals surface area (Å²) in [6.45, 7) is 3.20. The maximum absolute atomic E-state index is 10.1. The number of piperidine rings is 1. The molecule has 2 heterocycles. The summed E-state index contributed by atoms with van der Waals surface area (Å²) in [6.07, 6.45) is 11.4. The van der Waals surface area contributed by atoms with Crippen molar-refractivity contribution in [2.24, 2.45) is 5.41 Å². The van der Waals surface area contributed by atoms with Gasteiger partial charge in [0.2, 0.25) is 0 Å². The van der Waals surface area contributed by atoms with Crippen molar-refractivity contribution in [3.63, 3.8) is 0 Å². The van der Waals surface area contributed by atoms with Crippen LogP contribution in [0.2, 0.25) is 0 Å². The first-order valence-electron chi connectivity index (χ1n) is 9.45. The van der Waals surface area contributed by atoms with E-state index in [1.807, 2.05) is 18.6 Å². The zero-order chi connectivity index (χ0) is 18.2. The summed E-state index contributed by atoms with van der Waals surface area (Å²) >= 11 is 1.57. The van der Waals surface area contributed by atoms with Gasteiger partial charge in [0.15, 0.2) is 5.16 Å². The van der Waals surface area contributed by atoms with E-state index in [0.717, 1.165) is 62.5 Å². The van der Waals surface area contributed by atoms with Crippen LogP contribution in [0.4, 0.5) is 0 Å². The maximum Gasteiger partial charge on any atom is 0.187 e. The summed E-state index contributed by atoms with van der Waals surface area (Å²) in [5.41, 5.74) is 2.58. The highest BCUT2D eigenvalue weighted by atomic mass is 32.2. The van der Waals surface area contributed by atoms with E-state index in [9.17, 15) is 5.11 Å². The molecule has 1 saturated heterocycles. The molecule has 26 heavy (non-hydrogen) atoms. The molecule has 1 aliphatic rings. The van der Waals surface area contributed by atoms with Crippen molar-refractivity contribution in [2.45, 2.75) is 43.8 Å². The number of likely N-dealkylation sites (tertiary alicyclic amines) is 1. The zero-order valence-electron chi connectivity index (χ0n) is 15.6. The Balaban J connectivity index is 1.55. The fraction of sp³-hybridized carbons (Fsp3) is 0.524. The molecular weight excluding hydrogens is 342 g/mol. The monoisotopic (exact) mass is 371 g/mol. The molecule has 1 fully saturated rings. The summed E-state index contributed by atoms with van der Waals surface area (Å²) in [7, 11) is 0. The van der Waals surface area contributed by atoms with E-state index in [2.05, 4.69) is 45.2 Å². The molecule has 4 nitrogen and oxygen atoms in total. The Hall–Kier alpha value is -1.43. The lowest BCUT2D eigenvalue weighted by molar-refractivity contribution is 0.0207. The van der Waals surface area contributed by atoms with Crippen LogP contribution in [-0.2, 0) is 13.0 Å². The highest BCUT2D eigenvalue weighted by Gasteiger charge is 2.34. The fourth-order valence-corrected chi connectivity index (χ4v) is 4.27. The first-order valence-corrected chi connectivity index (χ1v) is 10.7. The molecule has 1 atom stereocenters. The van der Waals surface area contributed by atoms with Crippen molar-refractivity contribution in [3.05, 3.63) is 53.9 Å². The van der Waals surface area contributed by atoms with Gasteiger partial charge in [0.1, 0.15) is 0 Å². The van der Waals surface area contributed by atoms with Gasteiger partial charge in [-0.3, -0.25) is 4.90 Å². The van der Waals surface area contributed by atoms with E-state index < -0.39 is 0 Å². The van der Waals surface area contributed by atoms with Gasteiger partial charge in [-0.1, -0.05) is 42.1 Å². The van der Waals surface area contributed by atoms with Crippen LogP contribution in [-0.4, -0.2) is 45.9 Å². The number of thioether (sulfide) groups is 1. The third kappa shape index (κ3) is 5.29. The van der Waals surface area contributed by atoms with E-state index in [4.69, 9.17) is 0 Å². The van der Waals surface area contributed by atoms with Gasteiger partial charge in [0.05, 0.1) is 0 Å². The lowest BCUT2D eigenvalue weighted by Gasteiger charge is -2.42. The van der Waals surface area contributed by atoms with Gasteiger partial charge in [-0.05, 0) is 50.5 Å². The number of rotatable bonds is 8. The van der Waals surface area contributed by atoms with E-state index in [-0.39, 0.29) is 12.0 Å².